The van der Waals surface area contributed by atoms with Crippen LogP contribution in [0.15, 0.2) is 30.6 Å². The minimum absolute atomic E-state index is 0.662. The van der Waals surface area contributed by atoms with Crippen molar-refractivity contribution in [1.29, 1.82) is 0 Å². The smallest absolute Gasteiger partial charge is 0.325 e. The van der Waals surface area contributed by atoms with E-state index in [1.165, 1.54) is 11.0 Å². The van der Waals surface area contributed by atoms with Crippen molar-refractivity contribution in [1.82, 2.24) is 20.2 Å². The standard InChI is InChI=1S/C10H11N5O2/c1-7(10(16)17)12-8-4-2-3-5-9(8)15-6-11-13-14-15/h2-7,12H,1H3,(H,16,17). The quantitative estimate of drug-likeness (QED) is 0.800. The van der Waals surface area contributed by atoms with Crippen LogP contribution >= 0.6 is 0 Å². The highest BCUT2D eigenvalue weighted by molar-refractivity contribution is 5.78. The van der Waals surface area contributed by atoms with Gasteiger partial charge in [0.05, 0.1) is 11.4 Å². The zero-order valence-corrected chi connectivity index (χ0v) is 9.11. The van der Waals surface area contributed by atoms with E-state index in [4.69, 9.17) is 5.11 Å². The molecule has 1 heterocycles. The predicted molar refractivity (Wildman–Crippen MR) is 59.9 cm³/mol. The van der Waals surface area contributed by atoms with Gasteiger partial charge in [0, 0.05) is 0 Å². The number of tetrazole rings is 1. The van der Waals surface area contributed by atoms with Gasteiger partial charge in [-0.2, -0.15) is 4.68 Å². The molecule has 0 spiro atoms. The lowest BCUT2D eigenvalue weighted by atomic mass is 10.2. The van der Waals surface area contributed by atoms with Crippen LogP contribution in [-0.4, -0.2) is 37.3 Å². The van der Waals surface area contributed by atoms with Crippen LogP contribution in [0.25, 0.3) is 5.69 Å². The molecule has 2 aromatic rings. The Bertz CT molecular complexity index is 511. The normalized spacial score (nSPS) is 12.1. The lowest BCUT2D eigenvalue weighted by Crippen LogP contribution is -2.26. The molecule has 1 unspecified atom stereocenters. The highest BCUT2D eigenvalue weighted by Crippen LogP contribution is 2.19. The highest BCUT2D eigenvalue weighted by atomic mass is 16.4. The molecule has 0 radical (unpaired) electrons. The number of aromatic nitrogens is 4. The fourth-order valence-electron chi connectivity index (χ4n) is 1.36. The van der Waals surface area contributed by atoms with E-state index in [0.717, 1.165) is 0 Å². The highest BCUT2D eigenvalue weighted by Gasteiger charge is 2.13. The summed E-state index contributed by atoms with van der Waals surface area (Å²) in [5.41, 5.74) is 1.36. The van der Waals surface area contributed by atoms with Crippen LogP contribution in [0.5, 0.6) is 0 Å². The molecule has 17 heavy (non-hydrogen) atoms. The molecule has 0 saturated carbocycles. The molecule has 2 N–H and O–H groups in total. The average molecular weight is 233 g/mol. The number of carboxylic acids is 1. The zero-order chi connectivity index (χ0) is 12.3. The van der Waals surface area contributed by atoms with Crippen molar-refractivity contribution in [2.75, 3.05) is 5.32 Å². The van der Waals surface area contributed by atoms with Gasteiger partial charge >= 0.3 is 5.97 Å². The Labute approximate surface area is 97.1 Å². The summed E-state index contributed by atoms with van der Waals surface area (Å²) in [4.78, 5) is 10.8. The van der Waals surface area contributed by atoms with Gasteiger partial charge in [0.15, 0.2) is 0 Å². The second kappa shape index (κ2) is 4.60. The Balaban J connectivity index is 2.32. The summed E-state index contributed by atoms with van der Waals surface area (Å²) in [6.45, 7) is 1.57. The van der Waals surface area contributed by atoms with Crippen LogP contribution in [0, 0.1) is 0 Å². The van der Waals surface area contributed by atoms with Crippen LogP contribution in [0.3, 0.4) is 0 Å². The van der Waals surface area contributed by atoms with Gasteiger partial charge in [-0.25, -0.2) is 0 Å². The molecule has 0 aliphatic rings. The number of hydrogen-bond acceptors (Lipinski definition) is 5. The van der Waals surface area contributed by atoms with Crippen LogP contribution in [0.2, 0.25) is 0 Å². The van der Waals surface area contributed by atoms with Gasteiger partial charge in [-0.05, 0) is 29.5 Å². The molecular formula is C10H11N5O2. The number of aliphatic carboxylic acids is 1. The zero-order valence-electron chi connectivity index (χ0n) is 9.11. The molecule has 7 heteroatoms. The van der Waals surface area contributed by atoms with Gasteiger partial charge < -0.3 is 10.4 Å². The Hall–Kier alpha value is -2.44. The largest absolute Gasteiger partial charge is 0.480 e. The number of rotatable bonds is 4. The second-order valence-corrected chi connectivity index (χ2v) is 3.48. The second-order valence-electron chi connectivity index (χ2n) is 3.48. The number of carboxylic acid groups (broad SMARTS) is 1. The van der Waals surface area contributed by atoms with Gasteiger partial charge in [0.25, 0.3) is 0 Å². The van der Waals surface area contributed by atoms with Crippen LogP contribution in [-0.2, 0) is 4.79 Å². The third-order valence-corrected chi connectivity index (χ3v) is 2.24. The van der Waals surface area contributed by atoms with Gasteiger partial charge in [-0.1, -0.05) is 12.1 Å². The molecule has 0 amide bonds. The summed E-state index contributed by atoms with van der Waals surface area (Å²) >= 11 is 0. The first kappa shape index (κ1) is 11.1. The van der Waals surface area contributed by atoms with E-state index in [1.807, 2.05) is 12.1 Å². The number of para-hydroxylation sites is 2. The van der Waals surface area contributed by atoms with E-state index < -0.39 is 12.0 Å². The Morgan fingerprint density at radius 3 is 2.88 bits per heavy atom. The summed E-state index contributed by atoms with van der Waals surface area (Å²) in [5.74, 6) is -0.920. The van der Waals surface area contributed by atoms with Crippen LogP contribution in [0.1, 0.15) is 6.92 Å². The first-order valence-corrected chi connectivity index (χ1v) is 5.00. The van der Waals surface area contributed by atoms with Gasteiger partial charge in [-0.3, -0.25) is 4.79 Å². The van der Waals surface area contributed by atoms with Gasteiger partial charge in [0.2, 0.25) is 0 Å². The van der Waals surface area contributed by atoms with E-state index in [2.05, 4.69) is 20.8 Å². The SMILES string of the molecule is CC(Nc1ccccc1-n1cnnn1)C(=O)O. The summed E-state index contributed by atoms with van der Waals surface area (Å²) in [6, 6.07) is 6.52. The fourth-order valence-corrected chi connectivity index (χ4v) is 1.36. The molecule has 0 bridgehead atoms. The number of carbonyl (C=O) groups is 1. The number of benzene rings is 1. The molecule has 1 aromatic heterocycles. The molecule has 88 valence electrons. The minimum Gasteiger partial charge on any atom is -0.480 e. The maximum absolute atomic E-state index is 10.8. The van der Waals surface area contributed by atoms with E-state index in [9.17, 15) is 4.79 Å². The molecule has 2 rings (SSSR count). The average Bonchev–Trinajstić information content (AvgIpc) is 2.83. The molecule has 0 aliphatic heterocycles. The molecule has 0 saturated heterocycles. The van der Waals surface area contributed by atoms with Crippen molar-refractivity contribution in [2.24, 2.45) is 0 Å². The summed E-state index contributed by atoms with van der Waals surface area (Å²) < 4.78 is 1.47. The van der Waals surface area contributed by atoms with Gasteiger partial charge in [0.1, 0.15) is 12.4 Å². The van der Waals surface area contributed by atoms with Crippen molar-refractivity contribution >= 4 is 11.7 Å². The monoisotopic (exact) mass is 233 g/mol. The Morgan fingerprint density at radius 2 is 2.24 bits per heavy atom. The molecule has 1 aromatic carbocycles. The molecule has 0 aliphatic carbocycles. The van der Waals surface area contributed by atoms with E-state index in [-0.39, 0.29) is 0 Å². The van der Waals surface area contributed by atoms with Crippen molar-refractivity contribution in [3.63, 3.8) is 0 Å². The minimum atomic E-state index is -0.920. The number of anilines is 1. The number of nitrogens with one attached hydrogen (secondary N) is 1. The maximum Gasteiger partial charge on any atom is 0.325 e. The number of hydrogen-bond donors (Lipinski definition) is 2. The van der Waals surface area contributed by atoms with Crippen molar-refractivity contribution in [2.45, 2.75) is 13.0 Å². The fraction of sp³-hybridized carbons (Fsp3) is 0.200. The first-order valence-electron chi connectivity index (χ1n) is 5.00. The van der Waals surface area contributed by atoms with Crippen molar-refractivity contribution in [3.8, 4) is 5.69 Å². The summed E-state index contributed by atoms with van der Waals surface area (Å²) in [6.07, 6.45) is 1.45. The maximum atomic E-state index is 10.8. The first-order chi connectivity index (χ1) is 8.18. The van der Waals surface area contributed by atoms with Crippen LogP contribution < -0.4 is 5.32 Å². The van der Waals surface area contributed by atoms with E-state index in [1.54, 1.807) is 19.1 Å². The lowest BCUT2D eigenvalue weighted by Gasteiger charge is -2.14. The summed E-state index contributed by atoms with van der Waals surface area (Å²) in [7, 11) is 0. The molecule has 1 atom stereocenters. The van der Waals surface area contributed by atoms with Crippen molar-refractivity contribution in [3.05, 3.63) is 30.6 Å². The predicted octanol–water partition coefficient (Wildman–Crippen LogP) is 0.547. The topological polar surface area (TPSA) is 92.9 Å². The summed E-state index contributed by atoms with van der Waals surface area (Å²) in [5, 5.41) is 22.6. The molecular weight excluding hydrogens is 222 g/mol. The molecule has 7 nitrogen and oxygen atoms in total. The third kappa shape index (κ3) is 2.39. The van der Waals surface area contributed by atoms with Crippen molar-refractivity contribution < 1.29 is 9.90 Å². The van der Waals surface area contributed by atoms with E-state index in [0.29, 0.717) is 11.4 Å². The lowest BCUT2D eigenvalue weighted by molar-refractivity contribution is -0.137. The van der Waals surface area contributed by atoms with E-state index >= 15 is 0 Å². The Kier molecular flexibility index (Phi) is 2.99. The third-order valence-electron chi connectivity index (χ3n) is 2.24. The van der Waals surface area contributed by atoms with Crippen LogP contribution in [0.4, 0.5) is 5.69 Å². The Morgan fingerprint density at radius 1 is 1.47 bits per heavy atom. The molecule has 0 fully saturated rings. The van der Waals surface area contributed by atoms with Gasteiger partial charge in [-0.15, -0.1) is 5.10 Å². The number of nitrogens with zero attached hydrogens (tertiary/aromatic N) is 4.